The van der Waals surface area contributed by atoms with Crippen LogP contribution >= 0.6 is 11.6 Å². The summed E-state index contributed by atoms with van der Waals surface area (Å²) < 4.78 is 27.3. The van der Waals surface area contributed by atoms with Gasteiger partial charge in [0.25, 0.3) is 0 Å². The van der Waals surface area contributed by atoms with Crippen LogP contribution in [0.4, 0.5) is 5.69 Å². The number of amides is 1. The maximum atomic E-state index is 12.5. The van der Waals surface area contributed by atoms with Gasteiger partial charge < -0.3 is 5.32 Å². The molecule has 0 heterocycles. The first-order valence-electron chi connectivity index (χ1n) is 7.32. The van der Waals surface area contributed by atoms with Crippen molar-refractivity contribution < 1.29 is 13.2 Å². The van der Waals surface area contributed by atoms with Crippen molar-refractivity contribution in [2.75, 3.05) is 11.9 Å². The van der Waals surface area contributed by atoms with E-state index >= 15 is 0 Å². The molecule has 0 bridgehead atoms. The first-order chi connectivity index (χ1) is 11.2. The monoisotopic (exact) mass is 366 g/mol. The van der Waals surface area contributed by atoms with Crippen molar-refractivity contribution in [3.05, 3.63) is 58.1 Å². The molecule has 5 nitrogen and oxygen atoms in total. The zero-order chi connectivity index (χ0) is 17.9. The average Bonchev–Trinajstić information content (AvgIpc) is 2.46. The highest BCUT2D eigenvalue weighted by Gasteiger charge is 2.20. The van der Waals surface area contributed by atoms with E-state index in [4.69, 9.17) is 11.6 Å². The molecule has 7 heteroatoms. The maximum Gasteiger partial charge on any atom is 0.241 e. The molecule has 128 valence electrons. The van der Waals surface area contributed by atoms with Gasteiger partial charge in [-0.2, -0.15) is 0 Å². The Labute approximate surface area is 147 Å². The third kappa shape index (κ3) is 4.35. The van der Waals surface area contributed by atoms with E-state index in [9.17, 15) is 13.2 Å². The smallest absolute Gasteiger partial charge is 0.241 e. The molecule has 1 amide bonds. The number of rotatable bonds is 5. The summed E-state index contributed by atoms with van der Waals surface area (Å²) in [6.07, 6.45) is 0. The highest BCUT2D eigenvalue weighted by Crippen LogP contribution is 2.22. The quantitative estimate of drug-likeness (QED) is 0.853. The normalized spacial score (nSPS) is 11.3. The van der Waals surface area contributed by atoms with Crippen LogP contribution in [0.5, 0.6) is 0 Å². The fraction of sp³-hybridized carbons (Fsp3) is 0.235. The number of hydrogen-bond acceptors (Lipinski definition) is 3. The number of carbonyl (C=O) groups is 1. The minimum Gasteiger partial charge on any atom is -0.324 e. The number of carbonyl (C=O) groups excluding carboxylic acids is 1. The van der Waals surface area contributed by atoms with E-state index in [1.165, 1.54) is 0 Å². The Morgan fingerprint density at radius 1 is 1.08 bits per heavy atom. The molecule has 0 aliphatic carbocycles. The summed E-state index contributed by atoms with van der Waals surface area (Å²) in [6, 6.07) is 10.3. The Hall–Kier alpha value is -1.89. The van der Waals surface area contributed by atoms with Crippen molar-refractivity contribution in [2.24, 2.45) is 0 Å². The lowest BCUT2D eigenvalue weighted by atomic mass is 10.1. The van der Waals surface area contributed by atoms with Crippen LogP contribution in [-0.2, 0) is 14.8 Å². The predicted molar refractivity (Wildman–Crippen MR) is 95.9 cm³/mol. The van der Waals surface area contributed by atoms with Gasteiger partial charge in [-0.05, 0) is 44.0 Å². The zero-order valence-corrected chi connectivity index (χ0v) is 15.3. The van der Waals surface area contributed by atoms with Crippen LogP contribution in [0.2, 0.25) is 5.02 Å². The number of benzene rings is 2. The molecule has 0 atom stereocenters. The number of sulfonamides is 1. The van der Waals surface area contributed by atoms with Gasteiger partial charge in [0.15, 0.2) is 0 Å². The van der Waals surface area contributed by atoms with Gasteiger partial charge in [-0.3, -0.25) is 4.79 Å². The van der Waals surface area contributed by atoms with Gasteiger partial charge in [0, 0.05) is 0 Å². The fourth-order valence-corrected chi connectivity index (χ4v) is 4.19. The van der Waals surface area contributed by atoms with Gasteiger partial charge in [0.05, 0.1) is 22.2 Å². The Bertz CT molecular complexity index is 856. The molecule has 2 rings (SSSR count). The Balaban J connectivity index is 2.11. The highest BCUT2D eigenvalue weighted by molar-refractivity contribution is 7.89. The lowest BCUT2D eigenvalue weighted by Crippen LogP contribution is -2.33. The lowest BCUT2D eigenvalue weighted by Gasteiger charge is -2.13. The summed E-state index contributed by atoms with van der Waals surface area (Å²) in [6.45, 7) is 5.00. The molecule has 2 aromatic rings. The van der Waals surface area contributed by atoms with Crippen molar-refractivity contribution >= 4 is 33.2 Å². The van der Waals surface area contributed by atoms with Gasteiger partial charge in [-0.25, -0.2) is 13.1 Å². The van der Waals surface area contributed by atoms with Gasteiger partial charge in [-0.1, -0.05) is 41.4 Å². The first kappa shape index (κ1) is 18.4. The van der Waals surface area contributed by atoms with E-state index in [-0.39, 0.29) is 11.4 Å². The van der Waals surface area contributed by atoms with Crippen LogP contribution in [0, 0.1) is 20.8 Å². The summed E-state index contributed by atoms with van der Waals surface area (Å²) >= 11 is 5.96. The van der Waals surface area contributed by atoms with E-state index in [0.29, 0.717) is 21.8 Å². The molecule has 0 saturated carbocycles. The van der Waals surface area contributed by atoms with Crippen LogP contribution in [0.1, 0.15) is 16.7 Å². The number of hydrogen-bond donors (Lipinski definition) is 2. The second kappa shape index (κ2) is 7.34. The van der Waals surface area contributed by atoms with Gasteiger partial charge >= 0.3 is 0 Å². The van der Waals surface area contributed by atoms with Crippen molar-refractivity contribution in [3.63, 3.8) is 0 Å². The lowest BCUT2D eigenvalue weighted by molar-refractivity contribution is -0.115. The molecule has 0 fully saturated rings. The van der Waals surface area contributed by atoms with Crippen molar-refractivity contribution in [3.8, 4) is 0 Å². The second-order valence-corrected chi connectivity index (χ2v) is 7.69. The van der Waals surface area contributed by atoms with E-state index in [0.717, 1.165) is 5.56 Å². The molecule has 0 spiro atoms. The molecule has 24 heavy (non-hydrogen) atoms. The Kier molecular flexibility index (Phi) is 5.64. The molecular weight excluding hydrogens is 348 g/mol. The number of anilines is 1. The maximum absolute atomic E-state index is 12.5. The summed E-state index contributed by atoms with van der Waals surface area (Å²) in [5, 5.41) is 2.96. The molecular formula is C17H19ClN2O3S. The van der Waals surface area contributed by atoms with E-state index < -0.39 is 15.9 Å². The number of halogens is 1. The van der Waals surface area contributed by atoms with Crippen molar-refractivity contribution in [2.45, 2.75) is 25.7 Å². The Morgan fingerprint density at radius 2 is 1.67 bits per heavy atom. The van der Waals surface area contributed by atoms with Crippen molar-refractivity contribution in [1.29, 1.82) is 0 Å². The standard InChI is InChI=1S/C17H19ClN2O3S/c1-11-8-12(2)17(13(3)9-11)24(22,23)19-10-16(21)20-15-7-5-4-6-14(15)18/h4-9,19H,10H2,1-3H3,(H,20,21). The average molecular weight is 367 g/mol. The minimum atomic E-state index is -3.78. The zero-order valence-electron chi connectivity index (χ0n) is 13.7. The van der Waals surface area contributed by atoms with Crippen LogP contribution in [0.15, 0.2) is 41.3 Å². The van der Waals surface area contributed by atoms with Crippen LogP contribution in [0.25, 0.3) is 0 Å². The second-order valence-electron chi connectivity index (χ2n) is 5.58. The molecule has 0 aromatic heterocycles. The van der Waals surface area contributed by atoms with Crippen molar-refractivity contribution in [1.82, 2.24) is 4.72 Å². The summed E-state index contributed by atoms with van der Waals surface area (Å²) in [5.41, 5.74) is 2.71. The molecule has 0 saturated heterocycles. The molecule has 0 radical (unpaired) electrons. The highest BCUT2D eigenvalue weighted by atomic mass is 35.5. The minimum absolute atomic E-state index is 0.207. The summed E-state index contributed by atoms with van der Waals surface area (Å²) in [4.78, 5) is 12.2. The molecule has 0 aliphatic rings. The third-order valence-corrected chi connectivity index (χ3v) is 5.48. The summed E-state index contributed by atoms with van der Waals surface area (Å²) in [7, 11) is -3.78. The molecule has 0 unspecified atom stereocenters. The molecule has 0 aliphatic heterocycles. The van der Waals surface area contributed by atoms with Crippen LogP contribution in [-0.4, -0.2) is 20.9 Å². The Morgan fingerprint density at radius 3 is 2.25 bits per heavy atom. The van der Waals surface area contributed by atoms with Gasteiger partial charge in [0.1, 0.15) is 0 Å². The number of para-hydroxylation sites is 1. The molecule has 2 N–H and O–H groups in total. The fourth-order valence-electron chi connectivity index (χ4n) is 2.58. The first-order valence-corrected chi connectivity index (χ1v) is 9.18. The topological polar surface area (TPSA) is 75.3 Å². The van der Waals surface area contributed by atoms with E-state index in [1.807, 2.05) is 6.92 Å². The van der Waals surface area contributed by atoms with E-state index in [1.54, 1.807) is 50.2 Å². The summed E-state index contributed by atoms with van der Waals surface area (Å²) in [5.74, 6) is -0.492. The number of aryl methyl sites for hydroxylation is 3. The van der Waals surface area contributed by atoms with Crippen LogP contribution in [0.3, 0.4) is 0 Å². The van der Waals surface area contributed by atoms with E-state index in [2.05, 4.69) is 10.0 Å². The van der Waals surface area contributed by atoms with Gasteiger partial charge in [-0.15, -0.1) is 0 Å². The van der Waals surface area contributed by atoms with Crippen LogP contribution < -0.4 is 10.0 Å². The number of nitrogens with one attached hydrogen (secondary N) is 2. The van der Waals surface area contributed by atoms with Gasteiger partial charge in [0.2, 0.25) is 15.9 Å². The third-order valence-electron chi connectivity index (χ3n) is 3.44. The molecule has 2 aromatic carbocycles. The largest absolute Gasteiger partial charge is 0.324 e. The predicted octanol–water partition coefficient (Wildman–Crippen LogP) is 3.18. The SMILES string of the molecule is Cc1cc(C)c(S(=O)(=O)NCC(=O)Nc2ccccc2Cl)c(C)c1.